The van der Waals surface area contributed by atoms with Crippen LogP contribution in [0.5, 0.6) is 0 Å². The molecular formula is C22H29N5O2. The summed E-state index contributed by atoms with van der Waals surface area (Å²) < 4.78 is 1.94. The fourth-order valence-corrected chi connectivity index (χ4v) is 4.05. The van der Waals surface area contributed by atoms with Gasteiger partial charge in [0, 0.05) is 37.3 Å². The number of carbonyl (C=O) groups is 2. The Morgan fingerprint density at radius 2 is 1.79 bits per heavy atom. The molecule has 1 saturated heterocycles. The van der Waals surface area contributed by atoms with Crippen molar-refractivity contribution < 1.29 is 9.59 Å². The number of nitrogens with one attached hydrogen (secondary N) is 1. The second-order valence-corrected chi connectivity index (χ2v) is 7.80. The molecule has 2 aliphatic rings. The molecule has 7 nitrogen and oxygen atoms in total. The van der Waals surface area contributed by atoms with E-state index >= 15 is 0 Å². The van der Waals surface area contributed by atoms with E-state index in [1.807, 2.05) is 34.7 Å². The van der Waals surface area contributed by atoms with Crippen LogP contribution in [0.25, 0.3) is 0 Å². The first-order valence-corrected chi connectivity index (χ1v) is 10.6. The van der Waals surface area contributed by atoms with Gasteiger partial charge in [0.2, 0.25) is 5.91 Å². The number of piperidine rings is 1. The summed E-state index contributed by atoms with van der Waals surface area (Å²) in [7, 11) is 0. The van der Waals surface area contributed by atoms with Crippen molar-refractivity contribution in [3.63, 3.8) is 0 Å². The van der Waals surface area contributed by atoms with Gasteiger partial charge in [0.1, 0.15) is 0 Å². The average Bonchev–Trinajstić information content (AvgIpc) is 3.20. The quantitative estimate of drug-likeness (QED) is 0.845. The lowest BCUT2D eigenvalue weighted by molar-refractivity contribution is -0.120. The number of amides is 2. The highest BCUT2D eigenvalue weighted by Crippen LogP contribution is 2.22. The second kappa shape index (κ2) is 8.68. The van der Waals surface area contributed by atoms with E-state index in [4.69, 9.17) is 0 Å². The van der Waals surface area contributed by atoms with Crippen molar-refractivity contribution >= 4 is 17.5 Å². The number of hydrogen-bond donors (Lipinski definition) is 1. The molecule has 1 fully saturated rings. The lowest BCUT2D eigenvalue weighted by Crippen LogP contribution is -2.38. The molecule has 0 bridgehead atoms. The van der Waals surface area contributed by atoms with Crippen LogP contribution in [-0.2, 0) is 24.4 Å². The van der Waals surface area contributed by atoms with E-state index < -0.39 is 0 Å². The molecule has 1 aromatic carbocycles. The van der Waals surface area contributed by atoms with Gasteiger partial charge in [-0.2, -0.15) is 5.10 Å². The van der Waals surface area contributed by atoms with Gasteiger partial charge in [-0.3, -0.25) is 14.3 Å². The number of hydrogen-bond acceptors (Lipinski definition) is 4. The van der Waals surface area contributed by atoms with Crippen LogP contribution in [0.15, 0.2) is 30.3 Å². The van der Waals surface area contributed by atoms with Crippen molar-refractivity contribution in [2.24, 2.45) is 0 Å². The van der Waals surface area contributed by atoms with E-state index in [0.717, 1.165) is 30.0 Å². The SMILES string of the molecule is CCC(=O)NCc1cc2n(n1)CCN(C(=O)c1ccc(N3CCCCC3)cc1)C2. The molecular weight excluding hydrogens is 366 g/mol. The van der Waals surface area contributed by atoms with Crippen molar-refractivity contribution in [1.82, 2.24) is 20.0 Å². The van der Waals surface area contributed by atoms with E-state index in [2.05, 4.69) is 27.4 Å². The van der Waals surface area contributed by atoms with Gasteiger partial charge < -0.3 is 15.1 Å². The standard InChI is InChI=1S/C22H29N5O2/c1-2-21(28)23-15-18-14-20-16-26(12-13-27(20)24-18)22(29)17-6-8-19(9-7-17)25-10-4-3-5-11-25/h6-9,14H,2-5,10-13,15-16H2,1H3,(H,23,28). The Kier molecular flexibility index (Phi) is 5.83. The van der Waals surface area contributed by atoms with Crippen molar-refractivity contribution in [3.8, 4) is 0 Å². The molecule has 7 heteroatoms. The molecule has 0 unspecified atom stereocenters. The van der Waals surface area contributed by atoms with E-state index in [9.17, 15) is 9.59 Å². The molecule has 29 heavy (non-hydrogen) atoms. The Hall–Kier alpha value is -2.83. The van der Waals surface area contributed by atoms with Gasteiger partial charge in [-0.15, -0.1) is 0 Å². The highest BCUT2D eigenvalue weighted by Gasteiger charge is 2.23. The number of anilines is 1. The number of nitrogens with zero attached hydrogens (tertiary/aromatic N) is 4. The van der Waals surface area contributed by atoms with E-state index in [0.29, 0.717) is 32.6 Å². The van der Waals surface area contributed by atoms with Gasteiger partial charge in [0.25, 0.3) is 5.91 Å². The maximum atomic E-state index is 13.0. The van der Waals surface area contributed by atoms with E-state index in [1.165, 1.54) is 24.9 Å². The first-order chi connectivity index (χ1) is 14.1. The molecule has 1 aromatic heterocycles. The van der Waals surface area contributed by atoms with Gasteiger partial charge in [0.15, 0.2) is 0 Å². The van der Waals surface area contributed by atoms with Crippen molar-refractivity contribution in [1.29, 1.82) is 0 Å². The maximum absolute atomic E-state index is 13.0. The summed E-state index contributed by atoms with van der Waals surface area (Å²) in [5, 5.41) is 7.40. The second-order valence-electron chi connectivity index (χ2n) is 7.80. The summed E-state index contributed by atoms with van der Waals surface area (Å²) >= 11 is 0. The smallest absolute Gasteiger partial charge is 0.254 e. The molecule has 2 amide bonds. The Balaban J connectivity index is 1.39. The highest BCUT2D eigenvalue weighted by atomic mass is 16.2. The largest absolute Gasteiger partial charge is 0.372 e. The molecule has 0 radical (unpaired) electrons. The minimum absolute atomic E-state index is 0.0146. The molecule has 0 aliphatic carbocycles. The number of benzene rings is 1. The van der Waals surface area contributed by atoms with Crippen LogP contribution in [0.1, 0.15) is 54.4 Å². The third kappa shape index (κ3) is 4.44. The molecule has 1 N–H and O–H groups in total. The molecule has 154 valence electrons. The zero-order valence-corrected chi connectivity index (χ0v) is 17.1. The fraction of sp³-hybridized carbons (Fsp3) is 0.500. The summed E-state index contributed by atoms with van der Waals surface area (Å²) in [5.41, 5.74) is 3.78. The zero-order valence-electron chi connectivity index (χ0n) is 17.1. The summed E-state index contributed by atoms with van der Waals surface area (Å²) in [5.74, 6) is 0.0734. The van der Waals surface area contributed by atoms with Crippen molar-refractivity contribution in [2.75, 3.05) is 24.5 Å². The summed E-state index contributed by atoms with van der Waals surface area (Å²) in [4.78, 5) is 28.7. The Morgan fingerprint density at radius 3 is 2.52 bits per heavy atom. The number of fused-ring (bicyclic) bond motifs is 1. The summed E-state index contributed by atoms with van der Waals surface area (Å²) in [6.45, 7) is 6.32. The number of rotatable bonds is 5. The van der Waals surface area contributed by atoms with Gasteiger partial charge >= 0.3 is 0 Å². The lowest BCUT2D eigenvalue weighted by atomic mass is 10.1. The minimum Gasteiger partial charge on any atom is -0.372 e. The Morgan fingerprint density at radius 1 is 1.03 bits per heavy atom. The van der Waals surface area contributed by atoms with Gasteiger partial charge in [0.05, 0.1) is 31.0 Å². The van der Waals surface area contributed by atoms with Crippen LogP contribution in [0.2, 0.25) is 0 Å². The predicted molar refractivity (Wildman–Crippen MR) is 112 cm³/mol. The fourth-order valence-electron chi connectivity index (χ4n) is 4.05. The van der Waals surface area contributed by atoms with Crippen LogP contribution in [0, 0.1) is 0 Å². The maximum Gasteiger partial charge on any atom is 0.254 e. The third-order valence-corrected chi connectivity index (χ3v) is 5.76. The van der Waals surface area contributed by atoms with E-state index in [1.54, 1.807) is 0 Å². The van der Waals surface area contributed by atoms with Gasteiger partial charge in [-0.1, -0.05) is 6.92 Å². The third-order valence-electron chi connectivity index (χ3n) is 5.76. The van der Waals surface area contributed by atoms with E-state index in [-0.39, 0.29) is 11.8 Å². The number of carbonyl (C=O) groups excluding carboxylic acids is 2. The molecule has 0 saturated carbocycles. The lowest BCUT2D eigenvalue weighted by Gasteiger charge is -2.29. The van der Waals surface area contributed by atoms with Crippen LogP contribution in [0.3, 0.4) is 0 Å². The van der Waals surface area contributed by atoms with Crippen LogP contribution < -0.4 is 10.2 Å². The Labute approximate surface area is 171 Å². The molecule has 4 rings (SSSR count). The molecule has 2 aromatic rings. The molecule has 0 spiro atoms. The highest BCUT2D eigenvalue weighted by molar-refractivity contribution is 5.94. The van der Waals surface area contributed by atoms with Gasteiger partial charge in [-0.05, 0) is 49.6 Å². The first-order valence-electron chi connectivity index (χ1n) is 10.6. The monoisotopic (exact) mass is 395 g/mol. The Bertz CT molecular complexity index is 868. The number of aromatic nitrogens is 2. The topological polar surface area (TPSA) is 70.5 Å². The predicted octanol–water partition coefficient (Wildman–Crippen LogP) is 2.56. The summed E-state index contributed by atoms with van der Waals surface area (Å²) in [6, 6.07) is 10.0. The van der Waals surface area contributed by atoms with Gasteiger partial charge in [-0.25, -0.2) is 0 Å². The minimum atomic E-state index is 0.0146. The average molecular weight is 396 g/mol. The molecule has 0 atom stereocenters. The first kappa shape index (κ1) is 19.5. The summed E-state index contributed by atoms with van der Waals surface area (Å²) in [6.07, 6.45) is 4.26. The zero-order chi connectivity index (χ0) is 20.2. The van der Waals surface area contributed by atoms with Crippen LogP contribution in [-0.4, -0.2) is 46.1 Å². The van der Waals surface area contributed by atoms with Crippen molar-refractivity contribution in [3.05, 3.63) is 47.3 Å². The molecule has 3 heterocycles. The normalized spacial score (nSPS) is 16.4. The van der Waals surface area contributed by atoms with Crippen LogP contribution >= 0.6 is 0 Å². The molecule has 2 aliphatic heterocycles. The van der Waals surface area contributed by atoms with Crippen LogP contribution in [0.4, 0.5) is 5.69 Å². The van der Waals surface area contributed by atoms with Crippen molar-refractivity contribution in [2.45, 2.75) is 52.2 Å².